The van der Waals surface area contributed by atoms with Gasteiger partial charge in [0.15, 0.2) is 0 Å². The minimum absolute atomic E-state index is 0.163. The van der Waals surface area contributed by atoms with Gasteiger partial charge in [-0.2, -0.15) is 0 Å². The Morgan fingerprint density at radius 1 is 1.09 bits per heavy atom. The predicted molar refractivity (Wildman–Crippen MR) is 135 cm³/mol. The van der Waals surface area contributed by atoms with Crippen LogP contribution in [0.2, 0.25) is 0 Å². The average Bonchev–Trinajstić information content (AvgIpc) is 3.04. The molecule has 0 aliphatic carbocycles. The third-order valence-electron chi connectivity index (χ3n) is 7.35. The van der Waals surface area contributed by atoms with Crippen molar-refractivity contribution in [3.05, 3.63) is 89.7 Å². The number of carbonyl (C=O) groups excluding carboxylic acids is 1. The van der Waals surface area contributed by atoms with Gasteiger partial charge in [-0.25, -0.2) is 0 Å². The van der Waals surface area contributed by atoms with Gasteiger partial charge in [-0.15, -0.1) is 0 Å². The van der Waals surface area contributed by atoms with Crippen molar-refractivity contribution in [3.63, 3.8) is 0 Å². The van der Waals surface area contributed by atoms with Gasteiger partial charge in [0.05, 0.1) is 12.6 Å². The maximum Gasteiger partial charge on any atom is 0.220 e. The van der Waals surface area contributed by atoms with E-state index in [-0.39, 0.29) is 23.5 Å². The van der Waals surface area contributed by atoms with E-state index in [2.05, 4.69) is 52.5 Å². The number of likely N-dealkylation sites (tertiary alicyclic amines) is 1. The number of methoxy groups -OCH3 is 1. The van der Waals surface area contributed by atoms with Crippen LogP contribution in [0.5, 0.6) is 11.5 Å². The molecule has 0 radical (unpaired) electrons. The molecular formula is C29H33N3O3. The monoisotopic (exact) mass is 471 g/mol. The average molecular weight is 472 g/mol. The second-order valence-corrected chi connectivity index (χ2v) is 9.84. The molecule has 182 valence electrons. The van der Waals surface area contributed by atoms with Crippen molar-refractivity contribution >= 4 is 5.91 Å². The van der Waals surface area contributed by atoms with E-state index in [1.807, 2.05) is 36.5 Å². The Labute approximate surface area is 207 Å². The van der Waals surface area contributed by atoms with Crippen molar-refractivity contribution in [3.8, 4) is 11.5 Å². The Kier molecular flexibility index (Phi) is 6.73. The number of benzene rings is 2. The first-order valence-electron chi connectivity index (χ1n) is 12.4. The number of nitrogens with zero attached hydrogens (tertiary/aromatic N) is 2. The summed E-state index contributed by atoms with van der Waals surface area (Å²) < 4.78 is 11.4. The SMILES string of the molecule is COc1ccc([C@@H]2C[C@]3(C)NC(=O)CCC[C@@H]3N2Cc2cccc(OCc3cccnc3)c2)cc1. The van der Waals surface area contributed by atoms with E-state index in [0.717, 1.165) is 42.9 Å². The van der Waals surface area contributed by atoms with Crippen LogP contribution in [0.4, 0.5) is 0 Å². The van der Waals surface area contributed by atoms with Gasteiger partial charge >= 0.3 is 0 Å². The summed E-state index contributed by atoms with van der Waals surface area (Å²) in [6, 6.07) is 21.1. The van der Waals surface area contributed by atoms with Gasteiger partial charge in [0.1, 0.15) is 18.1 Å². The summed E-state index contributed by atoms with van der Waals surface area (Å²) in [6.07, 6.45) is 6.99. The van der Waals surface area contributed by atoms with E-state index in [1.54, 1.807) is 13.3 Å². The molecule has 35 heavy (non-hydrogen) atoms. The molecule has 2 saturated heterocycles. The Hall–Kier alpha value is -3.38. The Morgan fingerprint density at radius 2 is 1.91 bits per heavy atom. The molecule has 1 aromatic heterocycles. The summed E-state index contributed by atoms with van der Waals surface area (Å²) in [5.74, 6) is 1.87. The number of hydrogen-bond donors (Lipinski definition) is 1. The van der Waals surface area contributed by atoms with Gasteiger partial charge in [0.2, 0.25) is 5.91 Å². The lowest BCUT2D eigenvalue weighted by atomic mass is 9.88. The highest BCUT2D eigenvalue weighted by Gasteiger charge is 2.50. The number of rotatable bonds is 7. The molecule has 2 fully saturated rings. The van der Waals surface area contributed by atoms with E-state index in [9.17, 15) is 4.79 Å². The molecule has 0 bridgehead atoms. The molecule has 5 rings (SSSR count). The molecule has 0 spiro atoms. The van der Waals surface area contributed by atoms with Crippen molar-refractivity contribution in [1.29, 1.82) is 0 Å². The number of nitrogens with one attached hydrogen (secondary N) is 1. The fourth-order valence-electron chi connectivity index (χ4n) is 5.64. The molecule has 2 aliphatic heterocycles. The fourth-order valence-corrected chi connectivity index (χ4v) is 5.64. The van der Waals surface area contributed by atoms with Crippen molar-refractivity contribution < 1.29 is 14.3 Å². The summed E-state index contributed by atoms with van der Waals surface area (Å²) in [4.78, 5) is 19.2. The smallest absolute Gasteiger partial charge is 0.220 e. The molecule has 2 aromatic carbocycles. The van der Waals surface area contributed by atoms with Gasteiger partial charge in [-0.05, 0) is 67.6 Å². The molecule has 3 atom stereocenters. The van der Waals surface area contributed by atoms with Crippen molar-refractivity contribution in [2.45, 2.75) is 63.4 Å². The van der Waals surface area contributed by atoms with Crippen molar-refractivity contribution in [1.82, 2.24) is 15.2 Å². The first kappa shape index (κ1) is 23.4. The summed E-state index contributed by atoms with van der Waals surface area (Å²) in [7, 11) is 1.69. The number of fused-ring (bicyclic) bond motifs is 1. The minimum Gasteiger partial charge on any atom is -0.497 e. The van der Waals surface area contributed by atoms with Crippen LogP contribution < -0.4 is 14.8 Å². The third-order valence-corrected chi connectivity index (χ3v) is 7.35. The highest BCUT2D eigenvalue weighted by molar-refractivity contribution is 5.77. The van der Waals surface area contributed by atoms with Gasteiger partial charge in [-0.3, -0.25) is 14.7 Å². The Morgan fingerprint density at radius 3 is 2.69 bits per heavy atom. The maximum absolute atomic E-state index is 12.5. The highest BCUT2D eigenvalue weighted by Crippen LogP contribution is 2.46. The van der Waals surface area contributed by atoms with Crippen molar-refractivity contribution in [2.24, 2.45) is 0 Å². The first-order chi connectivity index (χ1) is 17.0. The van der Waals surface area contributed by atoms with Gasteiger partial charge in [-0.1, -0.05) is 30.3 Å². The quantitative estimate of drug-likeness (QED) is 0.523. The molecule has 3 heterocycles. The predicted octanol–water partition coefficient (Wildman–Crippen LogP) is 5.04. The van der Waals surface area contributed by atoms with Crippen LogP contribution in [-0.2, 0) is 17.9 Å². The first-order valence-corrected chi connectivity index (χ1v) is 12.4. The largest absolute Gasteiger partial charge is 0.497 e. The number of carbonyl (C=O) groups is 1. The summed E-state index contributed by atoms with van der Waals surface area (Å²) in [6.45, 7) is 3.49. The Balaban J connectivity index is 1.40. The lowest BCUT2D eigenvalue weighted by molar-refractivity contribution is -0.122. The highest BCUT2D eigenvalue weighted by atomic mass is 16.5. The van der Waals surface area contributed by atoms with Gasteiger partial charge in [0.25, 0.3) is 0 Å². The zero-order chi connectivity index (χ0) is 24.3. The van der Waals surface area contributed by atoms with Crippen LogP contribution in [0.25, 0.3) is 0 Å². The molecule has 2 aliphatic rings. The van der Waals surface area contributed by atoms with E-state index in [0.29, 0.717) is 13.0 Å². The summed E-state index contributed by atoms with van der Waals surface area (Å²) in [5, 5.41) is 3.37. The van der Waals surface area contributed by atoms with Gasteiger partial charge < -0.3 is 14.8 Å². The van der Waals surface area contributed by atoms with Crippen LogP contribution in [0.3, 0.4) is 0 Å². The summed E-state index contributed by atoms with van der Waals surface area (Å²) >= 11 is 0. The number of aromatic nitrogens is 1. The topological polar surface area (TPSA) is 63.7 Å². The normalized spacial score (nSPS) is 24.3. The third kappa shape index (κ3) is 5.17. The second kappa shape index (κ2) is 10.1. The fraction of sp³-hybridized carbons (Fsp3) is 0.379. The zero-order valence-electron chi connectivity index (χ0n) is 20.4. The van der Waals surface area contributed by atoms with Gasteiger partial charge in [0, 0.05) is 43.0 Å². The number of pyridine rings is 1. The van der Waals surface area contributed by atoms with E-state index in [4.69, 9.17) is 9.47 Å². The summed E-state index contributed by atoms with van der Waals surface area (Å²) in [5.41, 5.74) is 3.24. The minimum atomic E-state index is -0.257. The van der Waals surface area contributed by atoms with Crippen LogP contribution in [-0.4, -0.2) is 34.5 Å². The van der Waals surface area contributed by atoms with Crippen molar-refractivity contribution in [2.75, 3.05) is 7.11 Å². The van der Waals surface area contributed by atoms with E-state index >= 15 is 0 Å². The molecule has 1 amide bonds. The van der Waals surface area contributed by atoms with Crippen LogP contribution in [0, 0.1) is 0 Å². The molecule has 3 aromatic rings. The zero-order valence-corrected chi connectivity index (χ0v) is 20.4. The standard InChI is InChI=1S/C29H33N3O3/c1-29-17-26(23-11-13-24(34-2)14-12-23)32(27(29)9-4-10-28(33)31-29)19-21-6-3-8-25(16-21)35-20-22-7-5-15-30-18-22/h3,5-8,11-16,18,26-27H,4,9-10,17,19-20H2,1-2H3,(H,31,33)/t26-,27-,29-/m0/s1. The molecular weight excluding hydrogens is 438 g/mol. The number of amides is 1. The second-order valence-electron chi connectivity index (χ2n) is 9.84. The molecule has 1 N–H and O–H groups in total. The molecule has 0 saturated carbocycles. The van der Waals surface area contributed by atoms with E-state index in [1.165, 1.54) is 11.1 Å². The Bertz CT molecular complexity index is 1150. The molecule has 0 unspecified atom stereocenters. The number of ether oxygens (including phenoxy) is 2. The maximum atomic E-state index is 12.5. The lowest BCUT2D eigenvalue weighted by Gasteiger charge is -2.35. The lowest BCUT2D eigenvalue weighted by Crippen LogP contribution is -2.52. The molecule has 6 nitrogen and oxygen atoms in total. The van der Waals surface area contributed by atoms with Crippen LogP contribution in [0.15, 0.2) is 73.1 Å². The van der Waals surface area contributed by atoms with E-state index < -0.39 is 0 Å². The van der Waals surface area contributed by atoms with Crippen LogP contribution >= 0.6 is 0 Å². The number of hydrogen-bond acceptors (Lipinski definition) is 5. The molecule has 6 heteroatoms. The van der Waals surface area contributed by atoms with Crippen LogP contribution in [0.1, 0.15) is 55.3 Å².